The van der Waals surface area contributed by atoms with Crippen molar-refractivity contribution < 1.29 is 4.74 Å². The molecule has 5 heteroatoms. The Kier molecular flexibility index (Phi) is 4.93. The van der Waals surface area contributed by atoms with E-state index in [1.807, 2.05) is 42.5 Å². The maximum atomic E-state index is 5.81. The average molecular weight is 331 g/mol. The van der Waals surface area contributed by atoms with Crippen LogP contribution in [-0.4, -0.2) is 4.98 Å². The summed E-state index contributed by atoms with van der Waals surface area (Å²) < 4.78 is 6.30. The number of thiazole rings is 1. The zero-order chi connectivity index (χ0) is 15.2. The summed E-state index contributed by atoms with van der Waals surface area (Å²) in [5.74, 6) is 0.881. The van der Waals surface area contributed by atoms with E-state index in [0.717, 1.165) is 28.4 Å². The van der Waals surface area contributed by atoms with E-state index >= 15 is 0 Å². The topological polar surface area (TPSA) is 34.2 Å². The van der Waals surface area contributed by atoms with Gasteiger partial charge in [0.05, 0.1) is 6.54 Å². The van der Waals surface area contributed by atoms with Gasteiger partial charge < -0.3 is 10.1 Å². The third-order valence-electron chi connectivity index (χ3n) is 3.09. The lowest BCUT2D eigenvalue weighted by Gasteiger charge is -2.08. The molecule has 22 heavy (non-hydrogen) atoms. The fourth-order valence-corrected chi connectivity index (χ4v) is 2.87. The number of hydrogen-bond acceptors (Lipinski definition) is 4. The third-order valence-corrected chi connectivity index (χ3v) is 4.21. The fourth-order valence-electron chi connectivity index (χ4n) is 1.96. The molecule has 3 aromatic rings. The second-order valence-corrected chi connectivity index (χ2v) is 6.43. The molecule has 0 atom stereocenters. The molecule has 0 saturated heterocycles. The van der Waals surface area contributed by atoms with Crippen molar-refractivity contribution in [1.82, 2.24) is 4.98 Å². The molecular weight excluding hydrogens is 316 g/mol. The van der Waals surface area contributed by atoms with Crippen molar-refractivity contribution in [1.29, 1.82) is 0 Å². The van der Waals surface area contributed by atoms with E-state index < -0.39 is 0 Å². The summed E-state index contributed by atoms with van der Waals surface area (Å²) in [7, 11) is 0. The first kappa shape index (κ1) is 14.9. The van der Waals surface area contributed by atoms with Crippen LogP contribution in [0.1, 0.15) is 10.4 Å². The number of aromatic nitrogens is 1. The predicted molar refractivity (Wildman–Crippen MR) is 91.7 cm³/mol. The molecule has 2 aromatic carbocycles. The number of rotatable bonds is 6. The van der Waals surface area contributed by atoms with Crippen LogP contribution in [0.4, 0.5) is 5.69 Å². The van der Waals surface area contributed by atoms with Gasteiger partial charge in [-0.3, -0.25) is 0 Å². The van der Waals surface area contributed by atoms with Crippen LogP contribution in [0.3, 0.4) is 0 Å². The molecule has 0 aliphatic carbocycles. The average Bonchev–Trinajstić information content (AvgIpc) is 2.98. The zero-order valence-electron chi connectivity index (χ0n) is 11.8. The Morgan fingerprint density at radius 3 is 2.50 bits per heavy atom. The molecule has 0 unspecified atom stereocenters. The molecule has 3 nitrogen and oxygen atoms in total. The lowest BCUT2D eigenvalue weighted by Crippen LogP contribution is -1.99. The van der Waals surface area contributed by atoms with Crippen molar-refractivity contribution in [2.24, 2.45) is 0 Å². The molecule has 0 fully saturated rings. The highest BCUT2D eigenvalue weighted by Gasteiger charge is 2.00. The van der Waals surface area contributed by atoms with Gasteiger partial charge >= 0.3 is 0 Å². The van der Waals surface area contributed by atoms with E-state index in [1.54, 1.807) is 6.20 Å². The molecule has 0 bridgehead atoms. The Morgan fingerprint density at radius 2 is 1.82 bits per heavy atom. The van der Waals surface area contributed by atoms with Crippen LogP contribution in [0.15, 0.2) is 60.8 Å². The van der Waals surface area contributed by atoms with Crippen LogP contribution in [0, 0.1) is 0 Å². The molecule has 0 spiro atoms. The summed E-state index contributed by atoms with van der Waals surface area (Å²) >= 11 is 7.30. The third kappa shape index (κ3) is 4.23. The summed E-state index contributed by atoms with van der Waals surface area (Å²) in [4.78, 5) is 5.14. The van der Waals surface area contributed by atoms with Gasteiger partial charge in [-0.2, -0.15) is 0 Å². The Morgan fingerprint density at radius 1 is 1.05 bits per heavy atom. The van der Waals surface area contributed by atoms with Crippen LogP contribution in [0.2, 0.25) is 4.47 Å². The Hall–Kier alpha value is -2.04. The van der Waals surface area contributed by atoms with Crippen LogP contribution in [0.25, 0.3) is 0 Å². The first-order valence-electron chi connectivity index (χ1n) is 6.90. The van der Waals surface area contributed by atoms with Gasteiger partial charge in [0, 0.05) is 16.8 Å². The monoisotopic (exact) mass is 330 g/mol. The first-order valence-corrected chi connectivity index (χ1v) is 8.10. The van der Waals surface area contributed by atoms with Gasteiger partial charge in [0.2, 0.25) is 0 Å². The SMILES string of the molecule is Clc1ncc(CNc2ccc(COc3ccccc3)cc2)s1. The highest BCUT2D eigenvalue weighted by atomic mass is 35.5. The van der Waals surface area contributed by atoms with Crippen molar-refractivity contribution >= 4 is 28.6 Å². The quantitative estimate of drug-likeness (QED) is 0.691. The van der Waals surface area contributed by atoms with Gasteiger partial charge in [0.25, 0.3) is 0 Å². The van der Waals surface area contributed by atoms with Gasteiger partial charge in [0.15, 0.2) is 4.47 Å². The van der Waals surface area contributed by atoms with E-state index in [0.29, 0.717) is 11.1 Å². The van der Waals surface area contributed by atoms with Crippen molar-refractivity contribution in [2.75, 3.05) is 5.32 Å². The smallest absolute Gasteiger partial charge is 0.183 e. The lowest BCUT2D eigenvalue weighted by atomic mass is 10.2. The number of nitrogens with zero attached hydrogens (tertiary/aromatic N) is 1. The largest absolute Gasteiger partial charge is 0.489 e. The van der Waals surface area contributed by atoms with Crippen molar-refractivity contribution in [3.05, 3.63) is 75.7 Å². The van der Waals surface area contributed by atoms with Crippen molar-refractivity contribution in [3.8, 4) is 5.75 Å². The van der Waals surface area contributed by atoms with E-state index in [9.17, 15) is 0 Å². The number of nitrogens with one attached hydrogen (secondary N) is 1. The molecule has 0 amide bonds. The minimum atomic E-state index is 0.564. The zero-order valence-corrected chi connectivity index (χ0v) is 13.4. The summed E-state index contributed by atoms with van der Waals surface area (Å²) in [5, 5.41) is 3.35. The summed E-state index contributed by atoms with van der Waals surface area (Å²) in [5.41, 5.74) is 2.20. The van der Waals surface area contributed by atoms with Crippen molar-refractivity contribution in [3.63, 3.8) is 0 Å². The molecule has 1 N–H and O–H groups in total. The molecule has 112 valence electrons. The standard InChI is InChI=1S/C17H15ClN2OS/c18-17-20-11-16(22-17)10-19-14-8-6-13(7-9-14)12-21-15-4-2-1-3-5-15/h1-9,11,19H,10,12H2. The van der Waals surface area contributed by atoms with E-state index in [4.69, 9.17) is 16.3 Å². The molecular formula is C17H15ClN2OS. The molecule has 1 heterocycles. The maximum Gasteiger partial charge on any atom is 0.183 e. The fraction of sp³-hybridized carbons (Fsp3) is 0.118. The maximum absolute atomic E-state index is 5.81. The van der Waals surface area contributed by atoms with Crippen LogP contribution in [0.5, 0.6) is 5.75 Å². The first-order chi connectivity index (χ1) is 10.8. The molecule has 0 saturated carbocycles. The van der Waals surface area contributed by atoms with Crippen LogP contribution in [-0.2, 0) is 13.2 Å². The van der Waals surface area contributed by atoms with E-state index in [2.05, 4.69) is 22.4 Å². The van der Waals surface area contributed by atoms with E-state index in [-0.39, 0.29) is 0 Å². The van der Waals surface area contributed by atoms with Crippen molar-refractivity contribution in [2.45, 2.75) is 13.2 Å². The molecule has 3 rings (SSSR count). The number of anilines is 1. The normalized spacial score (nSPS) is 10.4. The Bertz CT molecular complexity index is 713. The summed E-state index contributed by atoms with van der Waals surface area (Å²) in [6.45, 7) is 1.29. The predicted octanol–water partition coefficient (Wildman–Crippen LogP) is 4.99. The summed E-state index contributed by atoms with van der Waals surface area (Å²) in [6, 6.07) is 18.0. The molecule has 1 aromatic heterocycles. The number of ether oxygens (including phenoxy) is 1. The highest BCUT2D eigenvalue weighted by molar-refractivity contribution is 7.15. The number of halogens is 1. The molecule has 0 aliphatic heterocycles. The number of hydrogen-bond donors (Lipinski definition) is 1. The number of para-hydroxylation sites is 1. The summed E-state index contributed by atoms with van der Waals surface area (Å²) in [6.07, 6.45) is 1.79. The lowest BCUT2D eigenvalue weighted by molar-refractivity contribution is 0.306. The van der Waals surface area contributed by atoms with E-state index in [1.165, 1.54) is 11.3 Å². The van der Waals surface area contributed by atoms with Crippen LogP contribution >= 0.6 is 22.9 Å². The van der Waals surface area contributed by atoms with Gasteiger partial charge in [-0.15, -0.1) is 11.3 Å². The van der Waals surface area contributed by atoms with Gasteiger partial charge in [-0.1, -0.05) is 41.9 Å². The second-order valence-electron chi connectivity index (χ2n) is 4.73. The van der Waals surface area contributed by atoms with Crippen LogP contribution < -0.4 is 10.1 Å². The van der Waals surface area contributed by atoms with Gasteiger partial charge in [-0.25, -0.2) is 4.98 Å². The second kappa shape index (κ2) is 7.29. The Balaban J connectivity index is 1.51. The van der Waals surface area contributed by atoms with Gasteiger partial charge in [0.1, 0.15) is 12.4 Å². The molecule has 0 aliphatic rings. The Labute approximate surface area is 138 Å². The molecule has 0 radical (unpaired) electrons. The van der Waals surface area contributed by atoms with Gasteiger partial charge in [-0.05, 0) is 29.8 Å². The minimum Gasteiger partial charge on any atom is -0.489 e. The number of benzene rings is 2. The minimum absolute atomic E-state index is 0.564. The highest BCUT2D eigenvalue weighted by Crippen LogP contribution is 2.19.